The molecule has 0 fully saturated rings. The Bertz CT molecular complexity index is 1350. The average Bonchev–Trinajstić information content (AvgIpc) is 3.15. The summed E-state index contributed by atoms with van der Waals surface area (Å²) < 4.78 is 1.96. The molecular weight excluding hydrogens is 412 g/mol. The van der Waals surface area contributed by atoms with E-state index in [0.717, 1.165) is 38.7 Å². The number of benzene rings is 1. The van der Waals surface area contributed by atoms with E-state index in [1.807, 2.05) is 60.2 Å². The number of nitrogens with two attached hydrogens (primary N) is 1. The lowest BCUT2D eigenvalue weighted by atomic mass is 10.1. The van der Waals surface area contributed by atoms with Gasteiger partial charge in [-0.2, -0.15) is 5.10 Å². The topological polar surface area (TPSA) is 97.8 Å². The van der Waals surface area contributed by atoms with Gasteiger partial charge in [0.15, 0.2) is 0 Å². The second-order valence-electron chi connectivity index (χ2n) is 7.64. The Balaban J connectivity index is 0.00000231. The molecule has 0 bridgehead atoms. The van der Waals surface area contributed by atoms with Gasteiger partial charge < -0.3 is 16.0 Å². The number of nitrogens with one attached hydrogen (secondary N) is 1. The van der Waals surface area contributed by atoms with E-state index in [0.29, 0.717) is 6.54 Å². The molecule has 3 N–H and O–H groups in total. The Morgan fingerprint density at radius 2 is 2.03 bits per heavy atom. The lowest BCUT2D eigenvalue weighted by Crippen LogP contribution is -2.54. The van der Waals surface area contributed by atoms with Crippen LogP contribution in [0.25, 0.3) is 23.2 Å². The third-order valence-electron chi connectivity index (χ3n) is 5.23. The Hall–Kier alpha value is -3.49. The highest BCUT2D eigenvalue weighted by atomic mass is 35.5. The van der Waals surface area contributed by atoms with Crippen molar-refractivity contribution in [2.24, 2.45) is 5.73 Å². The van der Waals surface area contributed by atoms with Crippen LogP contribution in [0.2, 0.25) is 0 Å². The summed E-state index contributed by atoms with van der Waals surface area (Å²) in [6, 6.07) is 12.2. The van der Waals surface area contributed by atoms with Crippen molar-refractivity contribution >= 4 is 47.1 Å². The number of nitrogens with zero attached hydrogens (tertiary/aromatic N) is 6. The number of aromatic nitrogens is 5. The van der Waals surface area contributed by atoms with Crippen molar-refractivity contribution in [2.75, 3.05) is 11.9 Å². The Morgan fingerprint density at radius 1 is 1.16 bits per heavy atom. The molecule has 5 rings (SSSR count). The molecule has 1 aromatic carbocycles. The van der Waals surface area contributed by atoms with Crippen LogP contribution in [-0.2, 0) is 6.54 Å². The Kier molecular flexibility index (Phi) is 5.34. The highest BCUT2D eigenvalue weighted by molar-refractivity contribution is 5.85. The third kappa shape index (κ3) is 3.95. The van der Waals surface area contributed by atoms with E-state index in [4.69, 9.17) is 5.73 Å². The maximum atomic E-state index is 6.25. The molecule has 0 aliphatic carbocycles. The number of halogens is 1. The third-order valence-corrected chi connectivity index (χ3v) is 5.23. The minimum Gasteiger partial charge on any atom is -0.369 e. The zero-order chi connectivity index (χ0) is 20.7. The van der Waals surface area contributed by atoms with Crippen molar-refractivity contribution in [1.29, 1.82) is 0 Å². The van der Waals surface area contributed by atoms with Crippen LogP contribution in [0.1, 0.15) is 12.6 Å². The molecule has 0 radical (unpaired) electrons. The summed E-state index contributed by atoms with van der Waals surface area (Å²) in [5, 5.41) is 10.5. The summed E-state index contributed by atoms with van der Waals surface area (Å²) in [6.45, 7) is 2.54. The van der Waals surface area contributed by atoms with Gasteiger partial charge in [0.2, 0.25) is 0 Å². The highest BCUT2D eigenvalue weighted by Gasteiger charge is 2.19. The van der Waals surface area contributed by atoms with Crippen LogP contribution in [0.15, 0.2) is 55.1 Å². The molecule has 1 unspecified atom stereocenters. The highest BCUT2D eigenvalue weighted by Crippen LogP contribution is 2.25. The molecular formula is C22H23ClN8. The van der Waals surface area contributed by atoms with Crippen molar-refractivity contribution in [2.45, 2.75) is 19.1 Å². The number of anilines is 2. The first-order valence-corrected chi connectivity index (χ1v) is 9.70. The fourth-order valence-corrected chi connectivity index (χ4v) is 3.66. The Labute approximate surface area is 185 Å². The molecule has 8 nitrogen and oxygen atoms in total. The van der Waals surface area contributed by atoms with Crippen molar-refractivity contribution in [3.05, 3.63) is 71.4 Å². The van der Waals surface area contributed by atoms with Gasteiger partial charge in [0.25, 0.3) is 0 Å². The van der Waals surface area contributed by atoms with Crippen LogP contribution in [0, 0.1) is 0 Å². The van der Waals surface area contributed by atoms with E-state index in [-0.39, 0.29) is 12.4 Å². The number of rotatable bonds is 4. The van der Waals surface area contributed by atoms with E-state index in [1.165, 1.54) is 0 Å². The maximum absolute atomic E-state index is 6.25. The number of pyridine rings is 1. The summed E-state index contributed by atoms with van der Waals surface area (Å²) in [6.07, 6.45) is 9.04. The molecule has 9 heteroatoms. The molecule has 4 heterocycles. The fraction of sp³-hybridized carbons (Fsp3) is 0.182. The lowest BCUT2D eigenvalue weighted by Gasteiger charge is -2.26. The zero-order valence-electron chi connectivity index (χ0n) is 17.2. The SMILES string of the molecule is CN(c1ccc2c(cnn2Cc2ccccn2)c1)c1ncnc2c1=CC(C)(N)NC=2.Cl. The summed E-state index contributed by atoms with van der Waals surface area (Å²) >= 11 is 0. The minimum atomic E-state index is -0.649. The second-order valence-corrected chi connectivity index (χ2v) is 7.64. The summed E-state index contributed by atoms with van der Waals surface area (Å²) in [5.41, 5.74) is 8.64. The molecule has 0 saturated carbocycles. The van der Waals surface area contributed by atoms with Crippen molar-refractivity contribution in [3.63, 3.8) is 0 Å². The van der Waals surface area contributed by atoms with Gasteiger partial charge in [-0.05, 0) is 43.3 Å². The molecule has 0 spiro atoms. The largest absolute Gasteiger partial charge is 0.369 e. The van der Waals surface area contributed by atoms with Crippen LogP contribution in [0.5, 0.6) is 0 Å². The summed E-state index contributed by atoms with van der Waals surface area (Å²) in [4.78, 5) is 15.3. The number of fused-ring (bicyclic) bond motifs is 2. The van der Waals surface area contributed by atoms with Gasteiger partial charge in [-0.1, -0.05) is 6.07 Å². The standard InChI is InChI=1S/C22H22N8.ClH/c1-22(23)10-18-19(12-27-22)25-14-26-21(18)29(2)17-6-7-20-15(9-17)11-28-30(20)13-16-5-3-4-8-24-16;/h3-12,14,27H,13,23H2,1-2H3;1H. The second kappa shape index (κ2) is 7.98. The summed E-state index contributed by atoms with van der Waals surface area (Å²) in [5.74, 6) is 0.801. The smallest absolute Gasteiger partial charge is 0.143 e. The first-order valence-electron chi connectivity index (χ1n) is 9.70. The fourth-order valence-electron chi connectivity index (χ4n) is 3.66. The van der Waals surface area contributed by atoms with Gasteiger partial charge in [0, 0.05) is 35.7 Å². The molecule has 1 aliphatic heterocycles. The van der Waals surface area contributed by atoms with Gasteiger partial charge in [-0.25, -0.2) is 9.97 Å². The molecule has 4 aromatic rings. The van der Waals surface area contributed by atoms with E-state index < -0.39 is 5.66 Å². The van der Waals surface area contributed by atoms with Crippen molar-refractivity contribution in [1.82, 2.24) is 30.0 Å². The van der Waals surface area contributed by atoms with Gasteiger partial charge >= 0.3 is 0 Å². The van der Waals surface area contributed by atoms with Gasteiger partial charge in [0.1, 0.15) is 17.8 Å². The average molecular weight is 435 g/mol. The van der Waals surface area contributed by atoms with Gasteiger partial charge in [-0.3, -0.25) is 9.67 Å². The lowest BCUT2D eigenvalue weighted by molar-refractivity contribution is 0.567. The van der Waals surface area contributed by atoms with Gasteiger partial charge in [0.05, 0.1) is 29.3 Å². The molecule has 1 atom stereocenters. The van der Waals surface area contributed by atoms with Crippen LogP contribution in [-0.4, -0.2) is 37.4 Å². The predicted octanol–water partition coefficient (Wildman–Crippen LogP) is 1.26. The molecule has 3 aromatic heterocycles. The quantitative estimate of drug-likeness (QED) is 0.499. The first kappa shape index (κ1) is 20.8. The molecule has 31 heavy (non-hydrogen) atoms. The minimum absolute atomic E-state index is 0. The van der Waals surface area contributed by atoms with E-state index >= 15 is 0 Å². The van der Waals surface area contributed by atoms with E-state index in [2.05, 4.69) is 43.6 Å². The zero-order valence-corrected chi connectivity index (χ0v) is 18.0. The predicted molar refractivity (Wildman–Crippen MR) is 124 cm³/mol. The monoisotopic (exact) mass is 434 g/mol. The number of hydrogen-bond acceptors (Lipinski definition) is 7. The Morgan fingerprint density at radius 3 is 2.84 bits per heavy atom. The molecule has 158 valence electrons. The summed E-state index contributed by atoms with van der Waals surface area (Å²) in [7, 11) is 1.99. The van der Waals surface area contributed by atoms with Crippen LogP contribution < -0.4 is 26.5 Å². The molecule has 1 aliphatic rings. The van der Waals surface area contributed by atoms with Gasteiger partial charge in [-0.15, -0.1) is 12.4 Å². The van der Waals surface area contributed by atoms with E-state index in [9.17, 15) is 0 Å². The van der Waals surface area contributed by atoms with Crippen LogP contribution in [0.4, 0.5) is 11.5 Å². The maximum Gasteiger partial charge on any atom is 0.143 e. The first-order chi connectivity index (χ1) is 14.5. The molecule has 0 amide bonds. The van der Waals surface area contributed by atoms with E-state index in [1.54, 1.807) is 12.5 Å². The normalized spacial score (nSPS) is 17.0. The van der Waals surface area contributed by atoms with Crippen molar-refractivity contribution < 1.29 is 0 Å². The van der Waals surface area contributed by atoms with Crippen molar-refractivity contribution in [3.8, 4) is 0 Å². The molecule has 0 saturated heterocycles. The number of hydrogen-bond donors (Lipinski definition) is 2. The van der Waals surface area contributed by atoms with Crippen LogP contribution in [0.3, 0.4) is 0 Å². The van der Waals surface area contributed by atoms with Crippen LogP contribution >= 0.6 is 12.4 Å².